The lowest BCUT2D eigenvalue weighted by Gasteiger charge is -2.05. The van der Waals surface area contributed by atoms with E-state index in [1.165, 1.54) is 11.1 Å². The topological polar surface area (TPSA) is 24.4 Å². The van der Waals surface area contributed by atoms with Crippen molar-refractivity contribution in [2.45, 2.75) is 20.8 Å². The summed E-state index contributed by atoms with van der Waals surface area (Å²) in [6.45, 7) is 6.50. The minimum Gasteiger partial charge on any atom is -0.362 e. The van der Waals surface area contributed by atoms with E-state index in [1.807, 2.05) is 42.6 Å². The van der Waals surface area contributed by atoms with Gasteiger partial charge in [-0.15, -0.1) is 0 Å². The highest BCUT2D eigenvalue weighted by Gasteiger charge is 1.96. The van der Waals surface area contributed by atoms with E-state index in [2.05, 4.69) is 55.3 Å². The predicted molar refractivity (Wildman–Crippen MR) is 99.6 cm³/mol. The molecule has 0 saturated carbocycles. The van der Waals surface area contributed by atoms with E-state index in [0.717, 1.165) is 11.6 Å². The van der Waals surface area contributed by atoms with Crippen LogP contribution in [-0.2, 0) is 0 Å². The van der Waals surface area contributed by atoms with Crippen molar-refractivity contribution in [3.63, 3.8) is 0 Å². The Kier molecular flexibility index (Phi) is 8.36. The van der Waals surface area contributed by atoms with Gasteiger partial charge in [0.05, 0.1) is 0 Å². The Hall–Kier alpha value is -2.35. The van der Waals surface area contributed by atoms with Crippen LogP contribution in [0.15, 0.2) is 71.9 Å². The van der Waals surface area contributed by atoms with Gasteiger partial charge in [0.2, 0.25) is 0 Å². The van der Waals surface area contributed by atoms with Gasteiger partial charge in [-0.05, 0) is 35.3 Å². The van der Waals surface area contributed by atoms with Crippen molar-refractivity contribution >= 4 is 11.9 Å². The van der Waals surface area contributed by atoms with Crippen LogP contribution in [0.5, 0.6) is 0 Å². The third kappa shape index (κ3) is 7.44. The molecule has 0 aromatic heterocycles. The fraction of sp³-hybridized carbons (Fsp3) is 0.250. The number of nitrogens with one attached hydrogen (secondary N) is 1. The molecule has 2 nitrogen and oxygen atoms in total. The summed E-state index contributed by atoms with van der Waals surface area (Å²) in [5, 5.41) is 3.22. The molecule has 2 rings (SSSR count). The molecule has 2 aromatic rings. The van der Waals surface area contributed by atoms with Crippen LogP contribution in [0.25, 0.3) is 11.1 Å². The van der Waals surface area contributed by atoms with Crippen molar-refractivity contribution in [2.24, 2.45) is 10.9 Å². The number of allylic oxidation sites excluding steroid dienone is 1. The number of aliphatic imine (C=N–C) groups is 1. The molecule has 2 heteroatoms. The Balaban J connectivity index is 0.000000541. The lowest BCUT2D eigenvalue weighted by atomic mass is 10.1. The molecular weight excluding hydrogens is 268 g/mol. The second-order valence-corrected chi connectivity index (χ2v) is 5.59. The molecule has 0 spiro atoms. The smallest absolute Gasteiger partial charge is 0.0385 e. The number of rotatable bonds is 4. The molecule has 0 saturated heterocycles. The molecule has 0 radical (unpaired) electrons. The van der Waals surface area contributed by atoms with E-state index in [9.17, 15) is 0 Å². The lowest BCUT2D eigenvalue weighted by molar-refractivity contribution is 0.737. The van der Waals surface area contributed by atoms with Gasteiger partial charge in [0, 0.05) is 25.1 Å². The summed E-state index contributed by atoms with van der Waals surface area (Å²) in [5.41, 5.74) is 3.50. The Bertz CT molecular complexity index is 581. The number of hydrogen-bond donors (Lipinski definition) is 1. The van der Waals surface area contributed by atoms with Gasteiger partial charge < -0.3 is 5.32 Å². The normalized spacial score (nSPS) is 10.8. The third-order valence-electron chi connectivity index (χ3n) is 2.55. The molecule has 0 aliphatic rings. The number of anilines is 1. The average Bonchev–Trinajstić information content (AvgIpc) is 2.52. The Morgan fingerprint density at radius 2 is 1.55 bits per heavy atom. The molecule has 0 unspecified atom stereocenters. The maximum Gasteiger partial charge on any atom is 0.0385 e. The molecule has 22 heavy (non-hydrogen) atoms. The summed E-state index contributed by atoms with van der Waals surface area (Å²) in [6.07, 6.45) is 5.49. The van der Waals surface area contributed by atoms with E-state index in [-0.39, 0.29) is 0 Å². The van der Waals surface area contributed by atoms with Gasteiger partial charge in [-0.2, -0.15) is 0 Å². The molecule has 0 aliphatic heterocycles. The van der Waals surface area contributed by atoms with Crippen LogP contribution in [0, 0.1) is 5.92 Å². The van der Waals surface area contributed by atoms with E-state index >= 15 is 0 Å². The second-order valence-electron chi connectivity index (χ2n) is 5.59. The maximum atomic E-state index is 3.88. The lowest BCUT2D eigenvalue weighted by Crippen LogP contribution is -1.88. The van der Waals surface area contributed by atoms with Crippen molar-refractivity contribution in [3.05, 3.63) is 66.9 Å². The molecule has 0 fully saturated rings. The van der Waals surface area contributed by atoms with Crippen LogP contribution in [0.1, 0.15) is 20.8 Å². The first-order chi connectivity index (χ1) is 10.6. The van der Waals surface area contributed by atoms with Gasteiger partial charge in [0.25, 0.3) is 0 Å². The quantitative estimate of drug-likeness (QED) is 0.725. The fourth-order valence-electron chi connectivity index (χ4n) is 1.69. The zero-order chi connectivity index (χ0) is 16.2. The number of benzene rings is 2. The van der Waals surface area contributed by atoms with Crippen molar-refractivity contribution in [2.75, 3.05) is 12.4 Å². The molecule has 0 heterocycles. The van der Waals surface area contributed by atoms with Crippen molar-refractivity contribution in [3.8, 4) is 11.1 Å². The standard InChI is InChI=1S/C16H16N2.C4H10/c1-17-11-6-12-18-16-10-5-9-15(13-16)14-7-3-2-4-8-14;1-4(2)3/h2-13,18H,1H3;4H,1-3H3/b12-6-,17-11?;. The summed E-state index contributed by atoms with van der Waals surface area (Å²) in [7, 11) is 1.75. The molecular formula is C20H26N2. The first kappa shape index (κ1) is 17.7. The van der Waals surface area contributed by atoms with Crippen LogP contribution in [0.4, 0.5) is 5.69 Å². The Labute approximate surface area is 134 Å². The molecule has 0 amide bonds. The molecule has 1 N–H and O–H groups in total. The van der Waals surface area contributed by atoms with Crippen molar-refractivity contribution < 1.29 is 0 Å². The fourth-order valence-corrected chi connectivity index (χ4v) is 1.69. The summed E-state index contributed by atoms with van der Waals surface area (Å²) in [5.74, 6) is 0.833. The van der Waals surface area contributed by atoms with E-state index in [4.69, 9.17) is 0 Å². The number of nitrogens with zero attached hydrogens (tertiary/aromatic N) is 1. The third-order valence-corrected chi connectivity index (χ3v) is 2.55. The highest BCUT2D eigenvalue weighted by molar-refractivity contribution is 5.72. The Morgan fingerprint density at radius 3 is 2.18 bits per heavy atom. The van der Waals surface area contributed by atoms with Gasteiger partial charge in [-0.1, -0.05) is 63.2 Å². The molecule has 116 valence electrons. The minimum absolute atomic E-state index is 0.833. The average molecular weight is 294 g/mol. The first-order valence-electron chi connectivity index (χ1n) is 7.62. The molecule has 0 aliphatic carbocycles. The van der Waals surface area contributed by atoms with E-state index in [0.29, 0.717) is 0 Å². The van der Waals surface area contributed by atoms with Crippen molar-refractivity contribution in [1.82, 2.24) is 0 Å². The van der Waals surface area contributed by atoms with Crippen LogP contribution in [0.2, 0.25) is 0 Å². The zero-order valence-corrected chi connectivity index (χ0v) is 14.0. The summed E-state index contributed by atoms with van der Waals surface area (Å²) in [4.78, 5) is 3.88. The summed E-state index contributed by atoms with van der Waals surface area (Å²) in [6, 6.07) is 18.7. The van der Waals surface area contributed by atoms with Gasteiger partial charge in [-0.25, -0.2) is 0 Å². The van der Waals surface area contributed by atoms with Crippen LogP contribution >= 0.6 is 0 Å². The molecule has 2 aromatic carbocycles. The molecule has 0 bridgehead atoms. The maximum absolute atomic E-state index is 3.88. The predicted octanol–water partition coefficient (Wildman–Crippen LogP) is 5.64. The van der Waals surface area contributed by atoms with Crippen LogP contribution < -0.4 is 5.32 Å². The highest BCUT2D eigenvalue weighted by atomic mass is 14.8. The van der Waals surface area contributed by atoms with E-state index in [1.54, 1.807) is 13.3 Å². The van der Waals surface area contributed by atoms with Crippen LogP contribution in [-0.4, -0.2) is 13.3 Å². The van der Waals surface area contributed by atoms with Gasteiger partial charge in [0.15, 0.2) is 0 Å². The SMILES string of the molecule is CC(C)C.CN=C/C=C\Nc1cccc(-c2ccccc2)c1. The van der Waals surface area contributed by atoms with Crippen LogP contribution in [0.3, 0.4) is 0 Å². The molecule has 0 atom stereocenters. The Morgan fingerprint density at radius 1 is 0.909 bits per heavy atom. The second kappa shape index (κ2) is 10.4. The van der Waals surface area contributed by atoms with Gasteiger partial charge in [-0.3, -0.25) is 4.99 Å². The number of hydrogen-bond acceptors (Lipinski definition) is 2. The highest BCUT2D eigenvalue weighted by Crippen LogP contribution is 2.22. The largest absolute Gasteiger partial charge is 0.362 e. The summed E-state index contributed by atoms with van der Waals surface area (Å²) >= 11 is 0. The first-order valence-corrected chi connectivity index (χ1v) is 7.62. The van der Waals surface area contributed by atoms with E-state index < -0.39 is 0 Å². The minimum atomic E-state index is 0.833. The summed E-state index contributed by atoms with van der Waals surface area (Å²) < 4.78 is 0. The van der Waals surface area contributed by atoms with Gasteiger partial charge >= 0.3 is 0 Å². The van der Waals surface area contributed by atoms with Crippen molar-refractivity contribution in [1.29, 1.82) is 0 Å². The van der Waals surface area contributed by atoms with Gasteiger partial charge in [0.1, 0.15) is 0 Å². The zero-order valence-electron chi connectivity index (χ0n) is 14.0. The monoisotopic (exact) mass is 294 g/mol.